The number of carbonyl (C=O) groups is 3. The SMILES string of the molecule is CCOc1ccc(N2CC=C[C@]3(C)O[C@]45C=CCN(c6ccc(N(CC)CC)cc6)C(=O)C4N([C@@H](CO)CC(C)C)C(=O)[C@@H]5[C@@H]3C2=O)cc1. The number of likely N-dealkylation sites (tertiary alicyclic amines) is 1. The van der Waals surface area contributed by atoms with Crippen LogP contribution in [0.25, 0.3) is 0 Å². The van der Waals surface area contributed by atoms with Crippen LogP contribution in [-0.2, 0) is 19.1 Å². The Labute approximate surface area is 289 Å². The first-order chi connectivity index (χ1) is 23.5. The Morgan fingerprint density at radius 2 is 1.45 bits per heavy atom. The van der Waals surface area contributed by atoms with E-state index in [1.54, 1.807) is 14.7 Å². The van der Waals surface area contributed by atoms with Crippen LogP contribution in [0.15, 0.2) is 72.8 Å². The van der Waals surface area contributed by atoms with Gasteiger partial charge in [-0.2, -0.15) is 0 Å². The molecule has 2 aromatic rings. The van der Waals surface area contributed by atoms with E-state index in [0.717, 1.165) is 18.8 Å². The monoisotopic (exact) mass is 670 g/mol. The first-order valence-corrected chi connectivity index (χ1v) is 17.7. The minimum Gasteiger partial charge on any atom is -0.494 e. The van der Waals surface area contributed by atoms with Gasteiger partial charge in [0.2, 0.25) is 11.8 Å². The fourth-order valence-corrected chi connectivity index (χ4v) is 8.46. The second-order valence-corrected chi connectivity index (χ2v) is 14.0. The molecule has 0 bridgehead atoms. The van der Waals surface area contributed by atoms with Crippen molar-refractivity contribution in [2.45, 2.75) is 71.2 Å². The summed E-state index contributed by atoms with van der Waals surface area (Å²) < 4.78 is 12.7. The summed E-state index contributed by atoms with van der Waals surface area (Å²) in [5, 5.41) is 10.7. The molecule has 3 amide bonds. The van der Waals surface area contributed by atoms with Gasteiger partial charge in [0.1, 0.15) is 17.4 Å². The molecule has 49 heavy (non-hydrogen) atoms. The highest BCUT2D eigenvalue weighted by Gasteiger charge is 2.75. The van der Waals surface area contributed by atoms with E-state index in [4.69, 9.17) is 9.47 Å². The van der Waals surface area contributed by atoms with Crippen LogP contribution in [0, 0.1) is 17.8 Å². The van der Waals surface area contributed by atoms with E-state index in [0.29, 0.717) is 36.7 Å². The van der Waals surface area contributed by atoms with Crippen LogP contribution < -0.4 is 19.4 Å². The maximum absolute atomic E-state index is 15.0. The number of amides is 3. The van der Waals surface area contributed by atoms with E-state index in [1.165, 1.54) is 0 Å². The van der Waals surface area contributed by atoms with E-state index >= 15 is 0 Å². The first-order valence-electron chi connectivity index (χ1n) is 17.7. The van der Waals surface area contributed by atoms with Crippen molar-refractivity contribution >= 4 is 34.8 Å². The standard InChI is InChI=1S/C39H50N4O6/c1-7-40(8-2)27-12-14-28(15-13-27)42-23-11-21-39-33(36(46)43(34(39)37(42)47)30(25-44)24-26(4)5)32-35(45)41(22-10-20-38(32,6)49-39)29-16-18-31(19-17-29)48-9-3/h10-21,26,30,32-34,44H,7-9,22-25H2,1-6H3/t30-,32-,33+,34?,38+,39+/m1/s1. The third kappa shape index (κ3) is 5.82. The number of hydrogen-bond acceptors (Lipinski definition) is 7. The first kappa shape index (κ1) is 34.7. The van der Waals surface area contributed by atoms with E-state index in [-0.39, 0.29) is 36.8 Å². The molecule has 0 radical (unpaired) electrons. The Hall–Kier alpha value is -4.15. The van der Waals surface area contributed by atoms with E-state index < -0.39 is 35.1 Å². The van der Waals surface area contributed by atoms with Gasteiger partial charge in [-0.05, 0) is 88.6 Å². The molecule has 262 valence electrons. The predicted molar refractivity (Wildman–Crippen MR) is 191 cm³/mol. The van der Waals surface area contributed by atoms with Crippen molar-refractivity contribution in [1.29, 1.82) is 0 Å². The van der Waals surface area contributed by atoms with Gasteiger partial charge in [0.25, 0.3) is 5.91 Å². The van der Waals surface area contributed by atoms with Gasteiger partial charge in [-0.3, -0.25) is 14.4 Å². The number of nitrogens with zero attached hydrogens (tertiary/aromatic N) is 4. The number of benzene rings is 2. The summed E-state index contributed by atoms with van der Waals surface area (Å²) in [5.74, 6) is -1.92. The van der Waals surface area contributed by atoms with Crippen LogP contribution in [0.1, 0.15) is 48.0 Å². The highest BCUT2D eigenvalue weighted by Crippen LogP contribution is 2.58. The van der Waals surface area contributed by atoms with Crippen molar-refractivity contribution in [3.63, 3.8) is 0 Å². The summed E-state index contributed by atoms with van der Waals surface area (Å²) in [6.45, 7) is 14.6. The van der Waals surface area contributed by atoms with Gasteiger partial charge < -0.3 is 34.2 Å². The van der Waals surface area contributed by atoms with Gasteiger partial charge in [-0.1, -0.05) is 38.2 Å². The quantitative estimate of drug-likeness (QED) is 0.343. The smallest absolute Gasteiger partial charge is 0.253 e. The topological polar surface area (TPSA) is 103 Å². The summed E-state index contributed by atoms with van der Waals surface area (Å²) >= 11 is 0. The minimum atomic E-state index is -1.42. The van der Waals surface area contributed by atoms with E-state index in [2.05, 4.69) is 18.7 Å². The summed E-state index contributed by atoms with van der Waals surface area (Å²) in [6.07, 6.45) is 8.03. The van der Waals surface area contributed by atoms with Crippen molar-refractivity contribution < 1.29 is 29.0 Å². The zero-order valence-electron chi connectivity index (χ0n) is 29.5. The molecule has 10 nitrogen and oxygen atoms in total. The third-order valence-electron chi connectivity index (χ3n) is 10.6. The lowest BCUT2D eigenvalue weighted by atomic mass is 9.74. The van der Waals surface area contributed by atoms with Crippen LogP contribution >= 0.6 is 0 Å². The van der Waals surface area contributed by atoms with Crippen molar-refractivity contribution in [2.75, 3.05) is 54.1 Å². The Morgan fingerprint density at radius 1 is 0.857 bits per heavy atom. The molecule has 6 rings (SSSR count). The summed E-state index contributed by atoms with van der Waals surface area (Å²) in [7, 11) is 0. The summed E-state index contributed by atoms with van der Waals surface area (Å²) in [4.78, 5) is 51.8. The summed E-state index contributed by atoms with van der Waals surface area (Å²) in [6, 6.07) is 13.6. The van der Waals surface area contributed by atoms with Gasteiger partial charge in [0, 0.05) is 43.2 Å². The van der Waals surface area contributed by atoms with Gasteiger partial charge in [0.05, 0.1) is 36.7 Å². The van der Waals surface area contributed by atoms with Crippen LogP contribution in [0.4, 0.5) is 17.1 Å². The zero-order valence-corrected chi connectivity index (χ0v) is 29.5. The molecule has 2 aromatic carbocycles. The second kappa shape index (κ2) is 13.6. The highest BCUT2D eigenvalue weighted by atomic mass is 16.5. The molecule has 2 fully saturated rings. The molecular formula is C39H50N4O6. The molecule has 6 atom stereocenters. The molecule has 4 heterocycles. The van der Waals surface area contributed by atoms with Crippen molar-refractivity contribution in [2.24, 2.45) is 17.8 Å². The number of rotatable bonds is 11. The van der Waals surface area contributed by atoms with Gasteiger partial charge >= 0.3 is 0 Å². The molecule has 0 aromatic heterocycles. The second-order valence-electron chi connectivity index (χ2n) is 14.0. The molecule has 2 saturated heterocycles. The molecule has 0 aliphatic carbocycles. The number of anilines is 3. The molecular weight excluding hydrogens is 620 g/mol. The Morgan fingerprint density at radius 3 is 2.02 bits per heavy atom. The number of hydrogen-bond donors (Lipinski definition) is 1. The predicted octanol–water partition coefficient (Wildman–Crippen LogP) is 4.82. The Kier molecular flexibility index (Phi) is 9.66. The molecule has 0 saturated carbocycles. The molecule has 1 spiro atoms. The fourth-order valence-electron chi connectivity index (χ4n) is 8.46. The maximum atomic E-state index is 15.0. The fraction of sp³-hybridized carbons (Fsp3) is 0.513. The maximum Gasteiger partial charge on any atom is 0.253 e. The zero-order chi connectivity index (χ0) is 35.1. The lowest BCUT2D eigenvalue weighted by Crippen LogP contribution is -2.59. The van der Waals surface area contributed by atoms with E-state index in [1.807, 2.05) is 101 Å². The number of carbonyl (C=O) groups excluding carboxylic acids is 3. The van der Waals surface area contributed by atoms with Crippen LogP contribution in [0.5, 0.6) is 5.75 Å². The Bertz CT molecular complexity index is 1600. The van der Waals surface area contributed by atoms with Crippen molar-refractivity contribution in [3.8, 4) is 5.75 Å². The van der Waals surface area contributed by atoms with Crippen molar-refractivity contribution in [3.05, 3.63) is 72.8 Å². The number of aliphatic hydroxyl groups excluding tert-OH is 1. The molecule has 1 N–H and O–H groups in total. The Balaban J connectivity index is 1.43. The van der Waals surface area contributed by atoms with Crippen molar-refractivity contribution in [1.82, 2.24) is 4.90 Å². The molecule has 1 unspecified atom stereocenters. The average molecular weight is 671 g/mol. The summed E-state index contributed by atoms with van der Waals surface area (Å²) in [5.41, 5.74) is -0.122. The molecule has 4 aliphatic rings. The number of aliphatic hydroxyl groups is 1. The van der Waals surface area contributed by atoms with Gasteiger partial charge in [-0.15, -0.1) is 0 Å². The molecule has 10 heteroatoms. The van der Waals surface area contributed by atoms with Crippen LogP contribution in [0.3, 0.4) is 0 Å². The lowest BCUT2D eigenvalue weighted by molar-refractivity contribution is -0.148. The van der Waals surface area contributed by atoms with E-state index in [9.17, 15) is 19.5 Å². The normalized spacial score (nSPS) is 28.4. The average Bonchev–Trinajstić information content (AvgIpc) is 3.36. The number of fused-ring (bicyclic) bond motifs is 2. The van der Waals surface area contributed by atoms with Crippen LogP contribution in [-0.4, -0.2) is 90.4 Å². The highest BCUT2D eigenvalue weighted by molar-refractivity contribution is 6.07. The van der Waals surface area contributed by atoms with Crippen LogP contribution in [0.2, 0.25) is 0 Å². The number of ether oxygens (including phenoxy) is 2. The molecule has 4 aliphatic heterocycles. The van der Waals surface area contributed by atoms with Gasteiger partial charge in [-0.25, -0.2) is 0 Å². The third-order valence-corrected chi connectivity index (χ3v) is 10.6. The largest absolute Gasteiger partial charge is 0.494 e. The minimum absolute atomic E-state index is 0.144. The van der Waals surface area contributed by atoms with Gasteiger partial charge in [0.15, 0.2) is 0 Å². The lowest BCUT2D eigenvalue weighted by Gasteiger charge is -2.40.